The maximum Gasteiger partial charge on any atom is 0.0716 e. The van der Waals surface area contributed by atoms with Crippen LogP contribution in [0.1, 0.15) is 12.5 Å². The van der Waals surface area contributed by atoms with Crippen molar-refractivity contribution in [2.24, 2.45) is 0 Å². The summed E-state index contributed by atoms with van der Waals surface area (Å²) in [5.41, 5.74) is 2.29. The van der Waals surface area contributed by atoms with E-state index in [4.69, 9.17) is 11.6 Å². The number of hydrogen-bond acceptors (Lipinski definition) is 2. The Kier molecular flexibility index (Phi) is 2.18. The average Bonchev–Trinajstić information content (AvgIpc) is 2.46. The zero-order valence-electron chi connectivity index (χ0n) is 7.42. The van der Waals surface area contributed by atoms with Gasteiger partial charge in [-0.25, -0.2) is 0 Å². The van der Waals surface area contributed by atoms with Crippen molar-refractivity contribution in [3.8, 4) is 0 Å². The predicted octanol–water partition coefficient (Wildman–Crippen LogP) is 2.06. The summed E-state index contributed by atoms with van der Waals surface area (Å²) < 4.78 is 0. The van der Waals surface area contributed by atoms with Crippen LogP contribution in [0.4, 0.5) is 5.69 Å². The van der Waals surface area contributed by atoms with Crippen LogP contribution in [0.5, 0.6) is 0 Å². The van der Waals surface area contributed by atoms with Gasteiger partial charge in [0.1, 0.15) is 0 Å². The van der Waals surface area contributed by atoms with Gasteiger partial charge >= 0.3 is 0 Å². The van der Waals surface area contributed by atoms with E-state index in [1.54, 1.807) is 6.92 Å². The molecule has 3 heteroatoms. The largest absolute Gasteiger partial charge is 0.391 e. The van der Waals surface area contributed by atoms with Crippen molar-refractivity contribution in [2.45, 2.75) is 25.5 Å². The molecule has 70 valence electrons. The normalized spacial score (nSPS) is 22.2. The van der Waals surface area contributed by atoms with Crippen molar-refractivity contribution in [3.63, 3.8) is 0 Å². The third-order valence-corrected chi connectivity index (χ3v) is 2.67. The fourth-order valence-corrected chi connectivity index (χ4v) is 1.85. The van der Waals surface area contributed by atoms with Crippen molar-refractivity contribution < 1.29 is 5.11 Å². The summed E-state index contributed by atoms with van der Waals surface area (Å²) in [6, 6.07) is 5.90. The van der Waals surface area contributed by atoms with E-state index in [1.165, 1.54) is 5.56 Å². The van der Waals surface area contributed by atoms with Gasteiger partial charge in [0.05, 0.1) is 12.1 Å². The Morgan fingerprint density at radius 2 is 2.38 bits per heavy atom. The van der Waals surface area contributed by atoms with Gasteiger partial charge in [-0.2, -0.15) is 0 Å². The Morgan fingerprint density at radius 3 is 3.08 bits per heavy atom. The van der Waals surface area contributed by atoms with Gasteiger partial charge < -0.3 is 10.4 Å². The molecule has 1 aliphatic rings. The third-order valence-electron chi connectivity index (χ3n) is 2.43. The highest BCUT2D eigenvalue weighted by molar-refractivity contribution is 6.30. The fraction of sp³-hybridized carbons (Fsp3) is 0.400. The van der Waals surface area contributed by atoms with Crippen molar-refractivity contribution in [1.82, 2.24) is 0 Å². The van der Waals surface area contributed by atoms with Gasteiger partial charge in [0.15, 0.2) is 0 Å². The lowest BCUT2D eigenvalue weighted by molar-refractivity contribution is 0.174. The Balaban J connectivity index is 2.25. The molecule has 2 nitrogen and oxygen atoms in total. The molecule has 2 unspecified atom stereocenters. The summed E-state index contributed by atoms with van der Waals surface area (Å²) in [6.07, 6.45) is 0.527. The average molecular weight is 198 g/mol. The zero-order valence-corrected chi connectivity index (χ0v) is 8.17. The lowest BCUT2D eigenvalue weighted by Gasteiger charge is -2.13. The Labute approximate surface area is 82.5 Å². The van der Waals surface area contributed by atoms with Crippen LogP contribution < -0.4 is 5.32 Å². The molecule has 0 aromatic heterocycles. The van der Waals surface area contributed by atoms with Crippen LogP contribution in [0.15, 0.2) is 18.2 Å². The first-order valence-corrected chi connectivity index (χ1v) is 4.77. The summed E-state index contributed by atoms with van der Waals surface area (Å²) in [6.45, 7) is 1.80. The minimum atomic E-state index is -0.328. The van der Waals surface area contributed by atoms with Gasteiger partial charge in [-0.05, 0) is 37.1 Å². The molecule has 0 amide bonds. The van der Waals surface area contributed by atoms with E-state index < -0.39 is 0 Å². The molecule has 2 rings (SSSR count). The zero-order chi connectivity index (χ0) is 9.42. The monoisotopic (exact) mass is 197 g/mol. The second-order valence-electron chi connectivity index (χ2n) is 3.50. The second kappa shape index (κ2) is 3.20. The number of hydrogen-bond donors (Lipinski definition) is 2. The summed E-state index contributed by atoms with van der Waals surface area (Å²) in [5.74, 6) is 0. The van der Waals surface area contributed by atoms with E-state index >= 15 is 0 Å². The number of anilines is 1. The molecule has 0 saturated carbocycles. The SMILES string of the molecule is CC(O)C1Cc2cc(Cl)ccc2N1. The first-order chi connectivity index (χ1) is 6.16. The lowest BCUT2D eigenvalue weighted by atomic mass is 10.1. The Hall–Kier alpha value is -0.730. The number of halogens is 1. The van der Waals surface area contributed by atoms with E-state index in [1.807, 2.05) is 18.2 Å². The summed E-state index contributed by atoms with van der Waals surface area (Å²) in [7, 11) is 0. The van der Waals surface area contributed by atoms with Crippen LogP contribution in [-0.4, -0.2) is 17.3 Å². The maximum absolute atomic E-state index is 9.40. The lowest BCUT2D eigenvalue weighted by Crippen LogP contribution is -2.28. The fourth-order valence-electron chi connectivity index (χ4n) is 1.65. The molecule has 0 aliphatic carbocycles. The van der Waals surface area contributed by atoms with Crippen LogP contribution in [0, 0.1) is 0 Å². The molecule has 13 heavy (non-hydrogen) atoms. The number of benzene rings is 1. The Morgan fingerprint density at radius 1 is 1.62 bits per heavy atom. The summed E-state index contributed by atoms with van der Waals surface area (Å²) >= 11 is 5.86. The number of aliphatic hydroxyl groups excluding tert-OH is 1. The highest BCUT2D eigenvalue weighted by Gasteiger charge is 2.23. The van der Waals surface area contributed by atoms with Gasteiger partial charge in [0, 0.05) is 10.7 Å². The molecule has 0 saturated heterocycles. The van der Waals surface area contributed by atoms with Gasteiger partial charge in [-0.15, -0.1) is 0 Å². The van der Waals surface area contributed by atoms with Crippen LogP contribution in [0.3, 0.4) is 0 Å². The first kappa shape index (κ1) is 8.85. The van der Waals surface area contributed by atoms with Gasteiger partial charge in [-0.3, -0.25) is 0 Å². The van der Waals surface area contributed by atoms with Crippen LogP contribution in [0.25, 0.3) is 0 Å². The van der Waals surface area contributed by atoms with Crippen LogP contribution >= 0.6 is 11.6 Å². The smallest absolute Gasteiger partial charge is 0.0716 e. The molecule has 2 N–H and O–H groups in total. The molecule has 1 aromatic carbocycles. The van der Waals surface area contributed by atoms with Crippen molar-refractivity contribution in [2.75, 3.05) is 5.32 Å². The van der Waals surface area contributed by atoms with E-state index in [-0.39, 0.29) is 12.1 Å². The van der Waals surface area contributed by atoms with E-state index in [2.05, 4.69) is 5.32 Å². The number of rotatable bonds is 1. The van der Waals surface area contributed by atoms with Crippen LogP contribution in [-0.2, 0) is 6.42 Å². The predicted molar refractivity (Wildman–Crippen MR) is 54.2 cm³/mol. The molecule has 0 spiro atoms. The topological polar surface area (TPSA) is 32.3 Å². The standard InChI is InChI=1S/C10H12ClNO/c1-6(13)10-5-7-4-8(11)2-3-9(7)12-10/h2-4,6,10,12-13H,5H2,1H3. The maximum atomic E-state index is 9.40. The van der Waals surface area contributed by atoms with Crippen molar-refractivity contribution in [1.29, 1.82) is 0 Å². The van der Waals surface area contributed by atoms with Crippen molar-refractivity contribution in [3.05, 3.63) is 28.8 Å². The number of nitrogens with one attached hydrogen (secondary N) is 1. The minimum Gasteiger partial charge on any atom is -0.391 e. The quantitative estimate of drug-likeness (QED) is 0.723. The number of aliphatic hydroxyl groups is 1. The van der Waals surface area contributed by atoms with Crippen molar-refractivity contribution >= 4 is 17.3 Å². The molecule has 1 aromatic rings. The molecule has 1 aliphatic heterocycles. The molecule has 0 fully saturated rings. The van der Waals surface area contributed by atoms with Gasteiger partial charge in [0.2, 0.25) is 0 Å². The molecule has 0 bridgehead atoms. The second-order valence-corrected chi connectivity index (χ2v) is 3.93. The first-order valence-electron chi connectivity index (χ1n) is 4.40. The molecular weight excluding hydrogens is 186 g/mol. The highest BCUT2D eigenvalue weighted by Crippen LogP contribution is 2.29. The Bertz CT molecular complexity index is 325. The van der Waals surface area contributed by atoms with E-state index in [0.29, 0.717) is 0 Å². The van der Waals surface area contributed by atoms with E-state index in [9.17, 15) is 5.11 Å². The number of fused-ring (bicyclic) bond motifs is 1. The molecule has 2 atom stereocenters. The van der Waals surface area contributed by atoms with Crippen LogP contribution in [0.2, 0.25) is 5.02 Å². The van der Waals surface area contributed by atoms with Gasteiger partial charge in [-0.1, -0.05) is 11.6 Å². The molecular formula is C10H12ClNO. The highest BCUT2D eigenvalue weighted by atomic mass is 35.5. The van der Waals surface area contributed by atoms with Gasteiger partial charge in [0.25, 0.3) is 0 Å². The summed E-state index contributed by atoms with van der Waals surface area (Å²) in [5, 5.41) is 13.4. The third kappa shape index (κ3) is 1.64. The minimum absolute atomic E-state index is 0.133. The molecule has 1 heterocycles. The molecule has 0 radical (unpaired) electrons. The summed E-state index contributed by atoms with van der Waals surface area (Å²) in [4.78, 5) is 0. The van der Waals surface area contributed by atoms with E-state index in [0.717, 1.165) is 17.1 Å².